The first-order valence-electron chi connectivity index (χ1n) is 5.42. The molecular formula is C15H13NO. The van der Waals surface area contributed by atoms with Crippen LogP contribution >= 0.6 is 0 Å². The van der Waals surface area contributed by atoms with Crippen molar-refractivity contribution in [2.75, 3.05) is 11.9 Å². The van der Waals surface area contributed by atoms with Crippen LogP contribution in [0, 0.1) is 11.8 Å². The number of hydrogen-bond acceptors (Lipinski definition) is 2. The van der Waals surface area contributed by atoms with E-state index < -0.39 is 0 Å². The minimum absolute atomic E-state index is 0.244. The molecule has 2 heteroatoms. The lowest BCUT2D eigenvalue weighted by atomic mass is 10.2. The van der Waals surface area contributed by atoms with E-state index in [9.17, 15) is 5.11 Å². The summed E-state index contributed by atoms with van der Waals surface area (Å²) < 4.78 is 0. The lowest BCUT2D eigenvalue weighted by Gasteiger charge is -2.03. The predicted molar refractivity (Wildman–Crippen MR) is 69.9 cm³/mol. The van der Waals surface area contributed by atoms with Gasteiger partial charge in [0.05, 0.1) is 12.2 Å². The van der Waals surface area contributed by atoms with Crippen molar-refractivity contribution < 1.29 is 5.11 Å². The zero-order valence-electron chi connectivity index (χ0n) is 9.35. The molecule has 0 aromatic heterocycles. The Morgan fingerprint density at radius 2 is 1.65 bits per heavy atom. The van der Waals surface area contributed by atoms with Crippen LogP contribution in [0.5, 0.6) is 5.75 Å². The fraction of sp³-hybridized carbons (Fsp3) is 0.0667. The molecule has 2 nitrogen and oxygen atoms in total. The molecule has 2 aromatic carbocycles. The fourth-order valence-corrected chi connectivity index (χ4v) is 1.43. The third-order valence-corrected chi connectivity index (χ3v) is 2.28. The van der Waals surface area contributed by atoms with E-state index in [0.717, 1.165) is 5.56 Å². The minimum atomic E-state index is 0.244. The van der Waals surface area contributed by atoms with Gasteiger partial charge in [-0.25, -0.2) is 0 Å². The van der Waals surface area contributed by atoms with Crippen molar-refractivity contribution in [2.45, 2.75) is 0 Å². The van der Waals surface area contributed by atoms with Gasteiger partial charge in [-0.1, -0.05) is 42.2 Å². The second kappa shape index (κ2) is 5.62. The summed E-state index contributed by atoms with van der Waals surface area (Å²) in [6.45, 7) is 0.506. The van der Waals surface area contributed by atoms with Gasteiger partial charge in [-0.2, -0.15) is 0 Å². The molecule has 0 aliphatic rings. The Morgan fingerprint density at radius 3 is 2.41 bits per heavy atom. The normalized spacial score (nSPS) is 9.18. The van der Waals surface area contributed by atoms with Crippen molar-refractivity contribution in [1.29, 1.82) is 0 Å². The molecule has 0 saturated heterocycles. The Labute approximate surface area is 101 Å². The van der Waals surface area contributed by atoms with Gasteiger partial charge in [-0.15, -0.1) is 0 Å². The molecule has 0 radical (unpaired) electrons. The number of hydrogen-bond donors (Lipinski definition) is 2. The highest BCUT2D eigenvalue weighted by atomic mass is 16.3. The average Bonchev–Trinajstić information content (AvgIpc) is 2.38. The SMILES string of the molecule is Oc1ccccc1NCC#Cc1ccccc1. The van der Waals surface area contributed by atoms with Crippen molar-refractivity contribution in [2.24, 2.45) is 0 Å². The third-order valence-electron chi connectivity index (χ3n) is 2.28. The Balaban J connectivity index is 1.93. The Bertz CT molecular complexity index is 538. The summed E-state index contributed by atoms with van der Waals surface area (Å²) >= 11 is 0. The number of nitrogens with one attached hydrogen (secondary N) is 1. The molecule has 0 fully saturated rings. The Kier molecular flexibility index (Phi) is 3.67. The lowest BCUT2D eigenvalue weighted by Crippen LogP contribution is -1.98. The van der Waals surface area contributed by atoms with E-state index >= 15 is 0 Å². The summed E-state index contributed by atoms with van der Waals surface area (Å²) in [5.74, 6) is 6.29. The monoisotopic (exact) mass is 223 g/mol. The quantitative estimate of drug-likeness (QED) is 0.606. The highest BCUT2D eigenvalue weighted by Crippen LogP contribution is 2.20. The van der Waals surface area contributed by atoms with Gasteiger partial charge in [-0.3, -0.25) is 0 Å². The number of phenols is 1. The number of benzene rings is 2. The summed E-state index contributed by atoms with van der Waals surface area (Å²) in [6, 6.07) is 16.9. The number of rotatable bonds is 2. The van der Waals surface area contributed by atoms with Crippen LogP contribution in [0.15, 0.2) is 54.6 Å². The largest absolute Gasteiger partial charge is 0.506 e. The molecular weight excluding hydrogens is 210 g/mol. The zero-order chi connectivity index (χ0) is 11.9. The number of aromatic hydroxyl groups is 1. The van der Waals surface area contributed by atoms with Crippen molar-refractivity contribution in [3.05, 3.63) is 60.2 Å². The van der Waals surface area contributed by atoms with Gasteiger partial charge in [-0.05, 0) is 24.3 Å². The van der Waals surface area contributed by atoms with Crippen molar-refractivity contribution in [3.8, 4) is 17.6 Å². The molecule has 0 heterocycles. The van der Waals surface area contributed by atoms with Crippen LogP contribution in [-0.2, 0) is 0 Å². The summed E-state index contributed by atoms with van der Waals surface area (Å²) in [5.41, 5.74) is 1.70. The number of anilines is 1. The molecule has 0 atom stereocenters. The first-order valence-corrected chi connectivity index (χ1v) is 5.42. The number of para-hydroxylation sites is 2. The van der Waals surface area contributed by atoms with Crippen LogP contribution in [-0.4, -0.2) is 11.7 Å². The first-order chi connectivity index (χ1) is 8.36. The van der Waals surface area contributed by atoms with Crippen molar-refractivity contribution in [1.82, 2.24) is 0 Å². The van der Waals surface area contributed by atoms with E-state index in [2.05, 4.69) is 17.2 Å². The standard InChI is InChI=1S/C15H13NO/c17-15-11-5-4-10-14(15)16-12-6-9-13-7-2-1-3-8-13/h1-5,7-8,10-11,16-17H,12H2. The molecule has 0 spiro atoms. The highest BCUT2D eigenvalue weighted by molar-refractivity contribution is 5.55. The molecule has 84 valence electrons. The van der Waals surface area contributed by atoms with Gasteiger partial charge in [0.2, 0.25) is 0 Å². The maximum atomic E-state index is 9.52. The van der Waals surface area contributed by atoms with Gasteiger partial charge in [0.25, 0.3) is 0 Å². The molecule has 17 heavy (non-hydrogen) atoms. The number of phenolic OH excluding ortho intramolecular Hbond substituents is 1. The van der Waals surface area contributed by atoms with Crippen LogP contribution in [0.25, 0.3) is 0 Å². The van der Waals surface area contributed by atoms with E-state index in [-0.39, 0.29) is 5.75 Å². The molecule has 2 aromatic rings. The van der Waals surface area contributed by atoms with Gasteiger partial charge in [0.15, 0.2) is 0 Å². The van der Waals surface area contributed by atoms with Crippen LogP contribution in [0.1, 0.15) is 5.56 Å². The highest BCUT2D eigenvalue weighted by Gasteiger charge is 1.95. The van der Waals surface area contributed by atoms with Gasteiger partial charge < -0.3 is 10.4 Å². The first kappa shape index (κ1) is 11.1. The molecule has 0 aliphatic carbocycles. The molecule has 0 amide bonds. The van der Waals surface area contributed by atoms with Crippen LogP contribution < -0.4 is 5.32 Å². The van der Waals surface area contributed by atoms with Gasteiger partial charge in [0.1, 0.15) is 5.75 Å². The molecule has 0 saturated carbocycles. The summed E-state index contributed by atoms with van der Waals surface area (Å²) in [4.78, 5) is 0. The molecule has 2 N–H and O–H groups in total. The van der Waals surface area contributed by atoms with E-state index in [1.54, 1.807) is 12.1 Å². The van der Waals surface area contributed by atoms with Gasteiger partial charge in [0, 0.05) is 5.56 Å². The van der Waals surface area contributed by atoms with Crippen LogP contribution in [0.2, 0.25) is 0 Å². The molecule has 0 unspecified atom stereocenters. The maximum Gasteiger partial charge on any atom is 0.138 e. The summed E-state index contributed by atoms with van der Waals surface area (Å²) in [7, 11) is 0. The minimum Gasteiger partial charge on any atom is -0.506 e. The molecule has 0 aliphatic heterocycles. The fourth-order valence-electron chi connectivity index (χ4n) is 1.43. The zero-order valence-corrected chi connectivity index (χ0v) is 9.35. The van der Waals surface area contributed by atoms with E-state index in [1.807, 2.05) is 42.5 Å². The maximum absolute atomic E-state index is 9.52. The predicted octanol–water partition coefficient (Wildman–Crippen LogP) is 2.86. The Morgan fingerprint density at radius 1 is 0.941 bits per heavy atom. The second-order valence-electron chi connectivity index (χ2n) is 3.54. The second-order valence-corrected chi connectivity index (χ2v) is 3.54. The van der Waals surface area contributed by atoms with Crippen molar-refractivity contribution in [3.63, 3.8) is 0 Å². The smallest absolute Gasteiger partial charge is 0.138 e. The molecule has 2 rings (SSSR count). The third kappa shape index (κ3) is 3.29. The van der Waals surface area contributed by atoms with Crippen LogP contribution in [0.3, 0.4) is 0 Å². The van der Waals surface area contributed by atoms with Crippen molar-refractivity contribution >= 4 is 5.69 Å². The van der Waals surface area contributed by atoms with Crippen LogP contribution in [0.4, 0.5) is 5.69 Å². The Hall–Kier alpha value is -2.40. The molecule has 0 bridgehead atoms. The average molecular weight is 223 g/mol. The van der Waals surface area contributed by atoms with E-state index in [4.69, 9.17) is 0 Å². The van der Waals surface area contributed by atoms with E-state index in [1.165, 1.54) is 0 Å². The van der Waals surface area contributed by atoms with E-state index in [0.29, 0.717) is 12.2 Å². The summed E-state index contributed by atoms with van der Waals surface area (Å²) in [6.07, 6.45) is 0. The lowest BCUT2D eigenvalue weighted by molar-refractivity contribution is 0.477. The summed E-state index contributed by atoms with van der Waals surface area (Å²) in [5, 5.41) is 12.6. The topological polar surface area (TPSA) is 32.3 Å². The van der Waals surface area contributed by atoms with Gasteiger partial charge >= 0.3 is 0 Å².